The molecule has 0 fully saturated rings. The standard InChI is InChI=1S/C10H16N2O3S/c1-3-15-5-4-12(2)10-11-8(7-16-10)6-9(13)14/h7H,3-6H2,1-2H3,(H,13,14). The number of ether oxygens (including phenoxy) is 1. The first-order valence-electron chi connectivity index (χ1n) is 5.08. The van der Waals surface area contributed by atoms with E-state index in [1.165, 1.54) is 11.3 Å². The smallest absolute Gasteiger partial charge is 0.309 e. The zero-order valence-electron chi connectivity index (χ0n) is 9.47. The third-order valence-corrected chi connectivity index (χ3v) is 2.98. The highest BCUT2D eigenvalue weighted by atomic mass is 32.1. The van der Waals surface area contributed by atoms with E-state index in [9.17, 15) is 4.79 Å². The second-order valence-electron chi connectivity index (χ2n) is 3.31. The van der Waals surface area contributed by atoms with Gasteiger partial charge in [-0.1, -0.05) is 0 Å². The summed E-state index contributed by atoms with van der Waals surface area (Å²) in [7, 11) is 1.92. The van der Waals surface area contributed by atoms with Crippen LogP contribution < -0.4 is 4.90 Å². The third-order valence-electron chi connectivity index (χ3n) is 1.97. The molecule has 0 atom stereocenters. The van der Waals surface area contributed by atoms with Crippen LogP contribution in [0.1, 0.15) is 12.6 Å². The van der Waals surface area contributed by atoms with E-state index in [4.69, 9.17) is 9.84 Å². The van der Waals surface area contributed by atoms with Crippen molar-refractivity contribution in [2.45, 2.75) is 13.3 Å². The molecule has 0 aromatic carbocycles. The van der Waals surface area contributed by atoms with Gasteiger partial charge in [0.1, 0.15) is 0 Å². The fourth-order valence-corrected chi connectivity index (χ4v) is 1.97. The van der Waals surface area contributed by atoms with Crippen molar-refractivity contribution in [3.8, 4) is 0 Å². The van der Waals surface area contributed by atoms with Crippen LogP contribution >= 0.6 is 11.3 Å². The second kappa shape index (κ2) is 6.44. The first-order chi connectivity index (χ1) is 7.63. The lowest BCUT2D eigenvalue weighted by Crippen LogP contribution is -2.22. The Balaban J connectivity index is 2.46. The number of aliphatic carboxylic acids is 1. The van der Waals surface area contributed by atoms with E-state index in [1.807, 2.05) is 18.9 Å². The molecule has 0 amide bonds. The number of hydrogen-bond donors (Lipinski definition) is 1. The average Bonchev–Trinajstić information content (AvgIpc) is 2.65. The summed E-state index contributed by atoms with van der Waals surface area (Å²) in [5.41, 5.74) is 0.607. The van der Waals surface area contributed by atoms with Crippen LogP contribution in [0.25, 0.3) is 0 Å². The summed E-state index contributed by atoms with van der Waals surface area (Å²) in [6.07, 6.45) is -0.0181. The summed E-state index contributed by atoms with van der Waals surface area (Å²) in [5, 5.41) is 11.2. The van der Waals surface area contributed by atoms with Gasteiger partial charge in [0.05, 0.1) is 18.7 Å². The molecule has 0 aliphatic heterocycles. The van der Waals surface area contributed by atoms with Crippen molar-refractivity contribution >= 4 is 22.4 Å². The average molecular weight is 244 g/mol. The Kier molecular flexibility index (Phi) is 5.21. The number of aromatic nitrogens is 1. The fraction of sp³-hybridized carbons (Fsp3) is 0.600. The van der Waals surface area contributed by atoms with Gasteiger partial charge in [0, 0.05) is 25.6 Å². The molecule has 0 aliphatic rings. The van der Waals surface area contributed by atoms with E-state index >= 15 is 0 Å². The van der Waals surface area contributed by atoms with Gasteiger partial charge in [-0.2, -0.15) is 0 Å². The summed E-state index contributed by atoms with van der Waals surface area (Å²) in [4.78, 5) is 16.7. The minimum Gasteiger partial charge on any atom is -0.481 e. The first kappa shape index (κ1) is 12.9. The van der Waals surface area contributed by atoms with Crippen LogP contribution in [0.4, 0.5) is 5.13 Å². The fourth-order valence-electron chi connectivity index (χ4n) is 1.15. The summed E-state index contributed by atoms with van der Waals surface area (Å²) < 4.78 is 5.24. The van der Waals surface area contributed by atoms with E-state index in [0.717, 1.165) is 11.7 Å². The van der Waals surface area contributed by atoms with E-state index in [-0.39, 0.29) is 6.42 Å². The molecule has 0 radical (unpaired) electrons. The molecule has 1 aromatic heterocycles. The molecule has 1 heterocycles. The molecule has 0 bridgehead atoms. The molecule has 6 heteroatoms. The zero-order chi connectivity index (χ0) is 12.0. The predicted molar refractivity (Wildman–Crippen MR) is 63.2 cm³/mol. The Labute approximate surface area is 98.7 Å². The van der Waals surface area contributed by atoms with Crippen molar-refractivity contribution in [2.24, 2.45) is 0 Å². The highest BCUT2D eigenvalue weighted by molar-refractivity contribution is 7.13. The molecule has 1 N–H and O–H groups in total. The zero-order valence-corrected chi connectivity index (χ0v) is 10.3. The molecule has 1 aromatic rings. The maximum Gasteiger partial charge on any atom is 0.309 e. The van der Waals surface area contributed by atoms with Crippen molar-refractivity contribution in [3.05, 3.63) is 11.1 Å². The largest absolute Gasteiger partial charge is 0.481 e. The molecule has 1 rings (SSSR count). The number of thiazole rings is 1. The molecule has 0 unspecified atom stereocenters. The number of likely N-dealkylation sites (N-methyl/N-ethyl adjacent to an activating group) is 1. The minimum atomic E-state index is -0.853. The van der Waals surface area contributed by atoms with Gasteiger partial charge in [-0.15, -0.1) is 11.3 Å². The van der Waals surface area contributed by atoms with Crippen molar-refractivity contribution in [1.82, 2.24) is 4.98 Å². The number of hydrogen-bond acceptors (Lipinski definition) is 5. The number of anilines is 1. The predicted octanol–water partition coefficient (Wildman–Crippen LogP) is 1.24. The third kappa shape index (κ3) is 4.16. The summed E-state index contributed by atoms with van der Waals surface area (Å²) >= 11 is 1.45. The van der Waals surface area contributed by atoms with Gasteiger partial charge >= 0.3 is 5.97 Å². The van der Waals surface area contributed by atoms with Crippen molar-refractivity contribution < 1.29 is 14.6 Å². The Morgan fingerprint density at radius 1 is 1.69 bits per heavy atom. The molecule has 0 aliphatic carbocycles. The summed E-state index contributed by atoms with van der Waals surface area (Å²) in [6.45, 7) is 4.07. The summed E-state index contributed by atoms with van der Waals surface area (Å²) in [5.74, 6) is -0.853. The van der Waals surface area contributed by atoms with Crippen molar-refractivity contribution in [2.75, 3.05) is 31.7 Å². The topological polar surface area (TPSA) is 62.7 Å². The van der Waals surface area contributed by atoms with E-state index in [2.05, 4.69) is 4.98 Å². The molecule has 0 spiro atoms. The van der Waals surface area contributed by atoms with Crippen LogP contribution in [0.5, 0.6) is 0 Å². The van der Waals surface area contributed by atoms with Gasteiger partial charge in [0.15, 0.2) is 5.13 Å². The molecular formula is C10H16N2O3S. The first-order valence-corrected chi connectivity index (χ1v) is 5.96. The Morgan fingerprint density at radius 2 is 2.44 bits per heavy atom. The lowest BCUT2D eigenvalue weighted by molar-refractivity contribution is -0.136. The van der Waals surface area contributed by atoms with Crippen LogP contribution in [0.15, 0.2) is 5.38 Å². The lowest BCUT2D eigenvalue weighted by Gasteiger charge is -2.14. The van der Waals surface area contributed by atoms with Gasteiger partial charge in [-0.05, 0) is 6.92 Å². The maximum absolute atomic E-state index is 10.5. The number of carboxylic acid groups (broad SMARTS) is 1. The quantitative estimate of drug-likeness (QED) is 0.731. The number of nitrogens with zero attached hydrogens (tertiary/aromatic N) is 2. The minimum absolute atomic E-state index is 0.0181. The monoisotopic (exact) mass is 244 g/mol. The van der Waals surface area contributed by atoms with Crippen LogP contribution in [0, 0.1) is 0 Å². The number of carboxylic acids is 1. The van der Waals surface area contributed by atoms with Crippen LogP contribution in [-0.4, -0.2) is 42.9 Å². The van der Waals surface area contributed by atoms with E-state index in [0.29, 0.717) is 18.9 Å². The van der Waals surface area contributed by atoms with Gasteiger partial charge in [-0.3, -0.25) is 4.79 Å². The maximum atomic E-state index is 10.5. The van der Waals surface area contributed by atoms with E-state index in [1.54, 1.807) is 5.38 Å². The highest BCUT2D eigenvalue weighted by Crippen LogP contribution is 2.19. The Morgan fingerprint density at radius 3 is 3.06 bits per heavy atom. The lowest BCUT2D eigenvalue weighted by atomic mass is 10.3. The highest BCUT2D eigenvalue weighted by Gasteiger charge is 2.09. The van der Waals surface area contributed by atoms with Crippen LogP contribution in [0.2, 0.25) is 0 Å². The number of rotatable bonds is 7. The molecule has 0 saturated heterocycles. The SMILES string of the molecule is CCOCCN(C)c1nc(CC(=O)O)cs1. The van der Waals surface area contributed by atoms with Crippen molar-refractivity contribution in [3.63, 3.8) is 0 Å². The summed E-state index contributed by atoms with van der Waals surface area (Å²) in [6, 6.07) is 0. The van der Waals surface area contributed by atoms with Crippen LogP contribution in [0.3, 0.4) is 0 Å². The van der Waals surface area contributed by atoms with Gasteiger partial charge in [-0.25, -0.2) is 4.98 Å². The van der Waals surface area contributed by atoms with Gasteiger partial charge < -0.3 is 14.7 Å². The number of carbonyl (C=O) groups is 1. The molecule has 0 saturated carbocycles. The normalized spacial score (nSPS) is 10.4. The Bertz CT molecular complexity index is 341. The van der Waals surface area contributed by atoms with E-state index < -0.39 is 5.97 Å². The van der Waals surface area contributed by atoms with Crippen molar-refractivity contribution in [1.29, 1.82) is 0 Å². The molecule has 16 heavy (non-hydrogen) atoms. The molecular weight excluding hydrogens is 228 g/mol. The van der Waals surface area contributed by atoms with Gasteiger partial charge in [0.2, 0.25) is 0 Å². The van der Waals surface area contributed by atoms with Gasteiger partial charge in [0.25, 0.3) is 0 Å². The van der Waals surface area contributed by atoms with Crippen LogP contribution in [-0.2, 0) is 16.0 Å². The molecule has 90 valence electrons. The second-order valence-corrected chi connectivity index (χ2v) is 4.15. The molecule has 5 nitrogen and oxygen atoms in total. The Hall–Kier alpha value is -1.14.